The third-order valence-electron chi connectivity index (χ3n) is 5.58. The first kappa shape index (κ1) is 22.9. The van der Waals surface area contributed by atoms with Crippen molar-refractivity contribution in [1.82, 2.24) is 9.88 Å². The number of pyridine rings is 1. The van der Waals surface area contributed by atoms with Crippen LogP contribution in [0.5, 0.6) is 0 Å². The quantitative estimate of drug-likeness (QED) is 0.241. The summed E-state index contributed by atoms with van der Waals surface area (Å²) in [5, 5.41) is 4.41. The second-order valence-electron chi connectivity index (χ2n) is 7.63. The van der Waals surface area contributed by atoms with Crippen LogP contribution in [0.2, 0.25) is 0 Å². The third kappa shape index (κ3) is 5.22. The van der Waals surface area contributed by atoms with Crippen molar-refractivity contribution >= 4 is 0 Å². The van der Waals surface area contributed by atoms with Gasteiger partial charge in [0.15, 0.2) is 0 Å². The first-order valence-electron chi connectivity index (χ1n) is 10.6. The van der Waals surface area contributed by atoms with Crippen LogP contribution >= 0.6 is 0 Å². The summed E-state index contributed by atoms with van der Waals surface area (Å²) < 4.78 is 13.2. The fraction of sp³-hybridized carbons (Fsp3) is 0.107. The van der Waals surface area contributed by atoms with Crippen LogP contribution in [0.25, 0.3) is 27.7 Å². The van der Waals surface area contributed by atoms with E-state index in [1.165, 1.54) is 23.3 Å². The Balaban J connectivity index is 0.000000162. The molecule has 0 N–H and O–H groups in total. The van der Waals surface area contributed by atoms with E-state index in [2.05, 4.69) is 45.7 Å². The first-order valence-corrected chi connectivity index (χ1v) is 10.6. The second kappa shape index (κ2) is 10.6. The average molecular weight is 611 g/mol. The number of fused-ring (bicyclic) bond motifs is 3. The molecular formula is C28H21FIrN3. The van der Waals surface area contributed by atoms with Gasteiger partial charge in [-0.05, 0) is 35.3 Å². The molecule has 164 valence electrons. The molecule has 1 unspecified atom stereocenters. The summed E-state index contributed by atoms with van der Waals surface area (Å²) in [6.07, 6.45) is 7.01. The Morgan fingerprint density at radius 2 is 1.82 bits per heavy atom. The number of halogens is 1. The molecule has 1 aromatic heterocycles. The summed E-state index contributed by atoms with van der Waals surface area (Å²) in [7, 11) is 0. The minimum absolute atomic E-state index is 0. The molecule has 3 heterocycles. The average Bonchev–Trinajstić information content (AvgIpc) is 3.35. The van der Waals surface area contributed by atoms with Crippen LogP contribution in [0.3, 0.4) is 0 Å². The van der Waals surface area contributed by atoms with Crippen molar-refractivity contribution in [2.24, 2.45) is 0 Å². The van der Waals surface area contributed by atoms with E-state index in [1.54, 1.807) is 12.3 Å². The van der Waals surface area contributed by atoms with E-state index < -0.39 is 0 Å². The van der Waals surface area contributed by atoms with Crippen LogP contribution in [0.1, 0.15) is 17.3 Å². The Labute approximate surface area is 207 Å². The topological polar surface area (TPSA) is 30.2 Å². The van der Waals surface area contributed by atoms with Gasteiger partial charge in [-0.1, -0.05) is 42.8 Å². The van der Waals surface area contributed by atoms with E-state index in [-0.39, 0.29) is 32.1 Å². The zero-order valence-electron chi connectivity index (χ0n) is 17.8. The van der Waals surface area contributed by atoms with E-state index in [1.807, 2.05) is 54.7 Å². The molecule has 0 spiro atoms. The Bertz CT molecular complexity index is 1240. The van der Waals surface area contributed by atoms with Crippen LogP contribution in [0.15, 0.2) is 97.5 Å². The maximum Gasteiger partial charge on any atom is 3.00 e. The van der Waals surface area contributed by atoms with Crippen molar-refractivity contribution in [3.63, 3.8) is 0 Å². The van der Waals surface area contributed by atoms with Gasteiger partial charge in [0.25, 0.3) is 0 Å². The van der Waals surface area contributed by atoms with Crippen molar-refractivity contribution < 1.29 is 24.5 Å². The standard InChI is InChI=1S/C17H11FN.C11H10N2.Ir/c18-16-8-4-7-15(11-16)17-12-14(9-10-19-17)13-5-2-1-3-6-13;1-2-4-10-9(3-1)5-7-13-8-6-12-11(10)13;/h1-6,8-12H;1-3,6,8,11H,5,7H2;/q-1;-2;+3. The van der Waals surface area contributed by atoms with E-state index in [0.29, 0.717) is 5.56 Å². The molecular weight excluding hydrogens is 590 g/mol. The van der Waals surface area contributed by atoms with Crippen LogP contribution < -0.4 is 0 Å². The Morgan fingerprint density at radius 1 is 0.939 bits per heavy atom. The summed E-state index contributed by atoms with van der Waals surface area (Å²) >= 11 is 0. The van der Waals surface area contributed by atoms with Gasteiger partial charge in [0, 0.05) is 18.6 Å². The van der Waals surface area contributed by atoms with Gasteiger partial charge in [-0.2, -0.15) is 41.6 Å². The number of benzene rings is 3. The molecule has 0 bridgehead atoms. The molecule has 2 aliphatic rings. The zero-order valence-corrected chi connectivity index (χ0v) is 20.2. The van der Waals surface area contributed by atoms with Crippen molar-refractivity contribution in [3.05, 3.63) is 132 Å². The third-order valence-corrected chi connectivity index (χ3v) is 5.58. The Morgan fingerprint density at radius 3 is 2.67 bits per heavy atom. The Kier molecular flexibility index (Phi) is 7.33. The maximum atomic E-state index is 13.2. The van der Waals surface area contributed by atoms with E-state index >= 15 is 0 Å². The number of hydrogen-bond acceptors (Lipinski definition) is 2. The van der Waals surface area contributed by atoms with Gasteiger partial charge in [0.1, 0.15) is 0 Å². The number of nitrogens with zero attached hydrogens (tertiary/aromatic N) is 3. The molecule has 3 nitrogen and oxygen atoms in total. The SMILES string of the molecule is Fc1cc[c-]c(-c2cc(-c3ccccc3)ccn2)c1.[Ir+3].[c-]1cccc2c1C1[N-]C=CN1CC2. The fourth-order valence-corrected chi connectivity index (χ4v) is 3.98. The second-order valence-corrected chi connectivity index (χ2v) is 7.63. The van der Waals surface area contributed by atoms with Crippen molar-refractivity contribution in [2.75, 3.05) is 6.54 Å². The van der Waals surface area contributed by atoms with Crippen molar-refractivity contribution in [1.29, 1.82) is 0 Å². The molecule has 0 saturated carbocycles. The van der Waals surface area contributed by atoms with Crippen LogP contribution in [0.4, 0.5) is 4.39 Å². The van der Waals surface area contributed by atoms with Crippen molar-refractivity contribution in [2.45, 2.75) is 12.6 Å². The van der Waals surface area contributed by atoms with E-state index in [9.17, 15) is 4.39 Å². The number of hydrogen-bond donors (Lipinski definition) is 0. The predicted octanol–water partition coefficient (Wildman–Crippen LogP) is 6.55. The number of rotatable bonds is 2. The molecule has 6 rings (SSSR count). The zero-order chi connectivity index (χ0) is 21.8. The van der Waals surface area contributed by atoms with Gasteiger partial charge < -0.3 is 15.2 Å². The largest absolute Gasteiger partial charge is 3.00 e. The first-order chi connectivity index (χ1) is 15.8. The minimum atomic E-state index is -0.277. The van der Waals surface area contributed by atoms with Gasteiger partial charge in [-0.25, -0.2) is 4.39 Å². The fourth-order valence-electron chi connectivity index (χ4n) is 3.98. The molecule has 0 radical (unpaired) electrons. The summed E-state index contributed by atoms with van der Waals surface area (Å²) in [6, 6.07) is 30.8. The Hall–Kier alpha value is -3.27. The predicted molar refractivity (Wildman–Crippen MR) is 125 cm³/mol. The molecule has 0 saturated heterocycles. The minimum Gasteiger partial charge on any atom is -0.668 e. The van der Waals surface area contributed by atoms with Gasteiger partial charge in [0.2, 0.25) is 0 Å². The molecule has 0 aliphatic carbocycles. The number of aromatic nitrogens is 1. The molecule has 1 atom stereocenters. The molecule has 5 heteroatoms. The summed E-state index contributed by atoms with van der Waals surface area (Å²) in [5.74, 6) is -0.277. The summed E-state index contributed by atoms with van der Waals surface area (Å²) in [5.41, 5.74) is 6.21. The monoisotopic (exact) mass is 611 g/mol. The van der Waals surface area contributed by atoms with Gasteiger partial charge >= 0.3 is 20.1 Å². The molecule has 0 fully saturated rings. The maximum absolute atomic E-state index is 13.2. The molecule has 33 heavy (non-hydrogen) atoms. The van der Waals surface area contributed by atoms with E-state index in [0.717, 1.165) is 29.8 Å². The molecule has 0 amide bonds. The van der Waals surface area contributed by atoms with E-state index in [4.69, 9.17) is 0 Å². The van der Waals surface area contributed by atoms with Crippen molar-refractivity contribution in [3.8, 4) is 22.4 Å². The van der Waals surface area contributed by atoms with Crippen LogP contribution in [0, 0.1) is 17.9 Å². The van der Waals surface area contributed by atoms with Gasteiger partial charge in [0.05, 0.1) is 0 Å². The molecule has 3 aromatic carbocycles. The van der Waals surface area contributed by atoms with Gasteiger partial charge in [-0.3, -0.25) is 0 Å². The molecule has 2 aliphatic heterocycles. The summed E-state index contributed by atoms with van der Waals surface area (Å²) in [4.78, 5) is 6.54. The smallest absolute Gasteiger partial charge is 0.668 e. The summed E-state index contributed by atoms with van der Waals surface area (Å²) in [6.45, 7) is 1.08. The van der Waals surface area contributed by atoms with Crippen LogP contribution in [-0.4, -0.2) is 16.4 Å². The molecule has 4 aromatic rings. The van der Waals surface area contributed by atoms with Gasteiger partial charge in [-0.15, -0.1) is 29.8 Å². The van der Waals surface area contributed by atoms with Crippen LogP contribution in [-0.2, 0) is 26.5 Å². The normalized spacial score (nSPS) is 15.3.